The fraction of sp³-hybridized carbons (Fsp3) is 0. The second kappa shape index (κ2) is 5.03. The van der Waals surface area contributed by atoms with Gasteiger partial charge in [0.2, 0.25) is 0 Å². The molecule has 0 rings (SSSR count). The van der Waals surface area contributed by atoms with Crippen molar-refractivity contribution in [1.82, 2.24) is 0 Å². The Labute approximate surface area is 52.9 Å². The molecule has 0 aromatic carbocycles. The van der Waals surface area contributed by atoms with Crippen LogP contribution in [-0.4, -0.2) is 4.03 Å². The first-order valence-electron chi connectivity index (χ1n) is 0.565. The van der Waals surface area contributed by atoms with Gasteiger partial charge in [-0.3, -0.25) is 0 Å². The zero-order valence-electron chi connectivity index (χ0n) is 2.21. The van der Waals surface area contributed by atoms with Gasteiger partial charge in [-0.2, -0.15) is 0 Å². The largest absolute Gasteiger partial charge is 0 e. The maximum Gasteiger partial charge on any atom is 0 e. The van der Waals surface area contributed by atoms with Crippen molar-refractivity contribution in [3.05, 3.63) is 0 Å². The average Bonchev–Trinajstić information content (AvgIpc) is 0.811. The average molecular weight is 191 g/mol. The zero-order valence-corrected chi connectivity index (χ0v) is 6.07. The quantitative estimate of drug-likeness (QED) is 0.545. The summed E-state index contributed by atoms with van der Waals surface area (Å²) >= 11 is -3.69. The molecule has 1 N–H and O–H groups in total. The van der Waals surface area contributed by atoms with Gasteiger partial charge in [0.1, 0.15) is 0 Å². The van der Waals surface area contributed by atoms with Crippen molar-refractivity contribution >= 4 is 0 Å². The second-order valence-electron chi connectivity index (χ2n) is 0.238. The predicted octanol–water partition coefficient (Wildman–Crippen LogP) is -0.800. The summed E-state index contributed by atoms with van der Waals surface area (Å²) in [7, 11) is 0. The van der Waals surface area contributed by atoms with E-state index in [9.17, 15) is 0 Å². The van der Waals surface area contributed by atoms with Crippen molar-refractivity contribution in [1.29, 1.82) is 0 Å². The SMILES string of the molecule is [O]=[V](=[O])[OH].[Zr]. The van der Waals surface area contributed by atoms with Crippen molar-refractivity contribution in [2.75, 3.05) is 0 Å². The van der Waals surface area contributed by atoms with Gasteiger partial charge in [0.15, 0.2) is 0 Å². The van der Waals surface area contributed by atoms with Crippen LogP contribution < -0.4 is 0 Å². The van der Waals surface area contributed by atoms with Crippen LogP contribution in [-0.2, 0) is 49.0 Å². The van der Waals surface area contributed by atoms with Crippen molar-refractivity contribution in [2.45, 2.75) is 0 Å². The van der Waals surface area contributed by atoms with Crippen LogP contribution in [0.2, 0.25) is 0 Å². The van der Waals surface area contributed by atoms with E-state index in [2.05, 4.69) is 0 Å². The van der Waals surface area contributed by atoms with E-state index in [1.54, 1.807) is 0 Å². The van der Waals surface area contributed by atoms with E-state index in [1.165, 1.54) is 0 Å². The first-order chi connectivity index (χ1) is 1.73. The van der Waals surface area contributed by atoms with E-state index in [1.807, 2.05) is 0 Å². The third-order valence-corrected chi connectivity index (χ3v) is 0. The normalized spacial score (nSPS) is 5.00. The van der Waals surface area contributed by atoms with Crippen LogP contribution in [0.1, 0.15) is 0 Å². The van der Waals surface area contributed by atoms with Crippen molar-refractivity contribution in [2.24, 2.45) is 0 Å². The molecule has 0 aromatic rings. The third kappa shape index (κ3) is 43.6. The molecule has 3 nitrogen and oxygen atoms in total. The van der Waals surface area contributed by atoms with Crippen molar-refractivity contribution < 1.29 is 53.0 Å². The number of hydrogen-bond donors (Lipinski definition) is 1. The zero-order chi connectivity index (χ0) is 3.58. The van der Waals surface area contributed by atoms with Crippen LogP contribution in [0, 0.1) is 0 Å². The topological polar surface area (TPSA) is 54.4 Å². The van der Waals surface area contributed by atoms with Crippen LogP contribution in [0.3, 0.4) is 0 Å². The maximum absolute atomic E-state index is 8.67. The van der Waals surface area contributed by atoms with Crippen molar-refractivity contribution in [3.63, 3.8) is 0 Å². The Morgan fingerprint density at radius 1 is 1.40 bits per heavy atom. The van der Waals surface area contributed by atoms with Crippen LogP contribution in [0.25, 0.3) is 0 Å². The Morgan fingerprint density at radius 2 is 1.40 bits per heavy atom. The van der Waals surface area contributed by atoms with Gasteiger partial charge in [0.05, 0.1) is 0 Å². The Hall–Kier alpha value is 1.03. The molecule has 0 fully saturated rings. The minimum atomic E-state index is -3.69. The van der Waals surface area contributed by atoms with Gasteiger partial charge in [-0.25, -0.2) is 0 Å². The van der Waals surface area contributed by atoms with Crippen LogP contribution in [0.4, 0.5) is 0 Å². The summed E-state index contributed by atoms with van der Waals surface area (Å²) in [5.74, 6) is 0. The van der Waals surface area contributed by atoms with E-state index in [0.717, 1.165) is 0 Å². The second-order valence-corrected chi connectivity index (χ2v) is 0.981. The molecule has 0 saturated carbocycles. The van der Waals surface area contributed by atoms with Gasteiger partial charge >= 0.3 is 26.8 Å². The van der Waals surface area contributed by atoms with E-state index < -0.39 is 15.4 Å². The standard InChI is InChI=1S/H2O.2O.V.Zr/h1H2;;;;/q;;;+1;/p-1. The number of rotatable bonds is 0. The molecule has 0 spiro atoms. The Morgan fingerprint density at radius 3 is 1.40 bits per heavy atom. The molecule has 5 heavy (non-hydrogen) atoms. The Bertz CT molecular complexity index is 55.3. The monoisotopic (exact) mass is 190 g/mol. The fourth-order valence-electron chi connectivity index (χ4n) is 0. The molecule has 0 aliphatic rings. The van der Waals surface area contributed by atoms with Crippen molar-refractivity contribution in [3.8, 4) is 0 Å². The summed E-state index contributed by atoms with van der Waals surface area (Å²) in [5, 5.41) is 0. The fourth-order valence-corrected chi connectivity index (χ4v) is 0. The summed E-state index contributed by atoms with van der Waals surface area (Å²) in [6, 6.07) is 0. The summed E-state index contributed by atoms with van der Waals surface area (Å²) < 4.78 is 24.4. The molecular formula is HO3VZr. The molecule has 0 aliphatic carbocycles. The molecule has 0 amide bonds. The van der Waals surface area contributed by atoms with Crippen LogP contribution >= 0.6 is 0 Å². The third-order valence-electron chi connectivity index (χ3n) is 0. The minimum absolute atomic E-state index is 0. The molecule has 0 unspecified atom stereocenters. The molecule has 0 saturated heterocycles. The van der Waals surface area contributed by atoms with Gasteiger partial charge in [0, 0.05) is 26.2 Å². The first-order valence-corrected chi connectivity index (χ1v) is 2.33. The Kier molecular flexibility index (Phi) is 9.44. The molecule has 28 valence electrons. The van der Waals surface area contributed by atoms with E-state index in [0.29, 0.717) is 0 Å². The maximum atomic E-state index is 8.67. The van der Waals surface area contributed by atoms with Gasteiger partial charge in [0.25, 0.3) is 0 Å². The predicted molar refractivity (Wildman–Crippen MR) is 3.59 cm³/mol. The smallest absolute Gasteiger partial charge is 0 e. The molecule has 0 heterocycles. The molecule has 5 heteroatoms. The Balaban J connectivity index is 0. The molecule has 0 radical (unpaired) electrons. The molecule has 0 atom stereocenters. The van der Waals surface area contributed by atoms with Gasteiger partial charge in [-0.15, -0.1) is 0 Å². The first kappa shape index (κ1) is 9.39. The summed E-state index contributed by atoms with van der Waals surface area (Å²) in [5.41, 5.74) is 0. The number of hydrogen-bond acceptors (Lipinski definition) is 2. The van der Waals surface area contributed by atoms with E-state index in [4.69, 9.17) is 11.4 Å². The van der Waals surface area contributed by atoms with Crippen LogP contribution in [0.5, 0.6) is 0 Å². The summed E-state index contributed by atoms with van der Waals surface area (Å²) in [4.78, 5) is 0. The molecule has 0 aromatic heterocycles. The minimum Gasteiger partial charge on any atom is 0 e. The van der Waals surface area contributed by atoms with E-state index >= 15 is 0 Å². The molecule has 0 bridgehead atoms. The summed E-state index contributed by atoms with van der Waals surface area (Å²) in [6.45, 7) is 0. The van der Waals surface area contributed by atoms with Gasteiger partial charge < -0.3 is 0 Å². The van der Waals surface area contributed by atoms with Crippen LogP contribution in [0.15, 0.2) is 0 Å². The van der Waals surface area contributed by atoms with E-state index in [-0.39, 0.29) is 26.2 Å². The summed E-state index contributed by atoms with van der Waals surface area (Å²) in [6.07, 6.45) is 0. The molecular weight excluding hydrogens is 190 g/mol. The van der Waals surface area contributed by atoms with Gasteiger partial charge in [-0.1, -0.05) is 0 Å². The van der Waals surface area contributed by atoms with Gasteiger partial charge in [-0.05, 0) is 0 Å². The molecule has 0 aliphatic heterocycles.